The number of hydrogen-bond acceptors (Lipinski definition) is 6. The number of aliphatic hydroxyl groups is 1. The predicted octanol–water partition coefficient (Wildman–Crippen LogP) is 0.0445. The first kappa shape index (κ1) is 21.0. The molecule has 2 saturated carbocycles. The quantitative estimate of drug-likeness (QED) is 0.447. The topological polar surface area (TPSA) is 125 Å². The third-order valence-corrected chi connectivity index (χ3v) is 7.95. The maximum Gasteiger partial charge on any atom is 0.259 e. The summed E-state index contributed by atoms with van der Waals surface area (Å²) in [4.78, 5) is 25.6. The van der Waals surface area contributed by atoms with Crippen molar-refractivity contribution in [3.8, 4) is 0 Å². The molecule has 2 amide bonds. The third-order valence-electron chi connectivity index (χ3n) is 6.13. The van der Waals surface area contributed by atoms with Crippen LogP contribution in [0.15, 0.2) is 36.9 Å². The van der Waals surface area contributed by atoms with Gasteiger partial charge in [-0.3, -0.25) is 14.3 Å². The number of nitrogens with one attached hydrogen (secondary N) is 3. The van der Waals surface area contributed by atoms with Crippen LogP contribution in [0, 0.1) is 11.7 Å². The number of sulfonamides is 1. The second-order valence-electron chi connectivity index (χ2n) is 8.36. The summed E-state index contributed by atoms with van der Waals surface area (Å²) in [5.41, 5.74) is -2.24. The van der Waals surface area contributed by atoms with E-state index in [-0.39, 0.29) is 25.3 Å². The highest BCUT2D eigenvalue weighted by Crippen LogP contribution is 2.45. The van der Waals surface area contributed by atoms with E-state index in [0.29, 0.717) is 18.4 Å². The Morgan fingerprint density at radius 1 is 1.23 bits per heavy atom. The maximum atomic E-state index is 13.2. The van der Waals surface area contributed by atoms with E-state index in [9.17, 15) is 27.5 Å². The Morgan fingerprint density at radius 2 is 1.90 bits per heavy atom. The van der Waals surface area contributed by atoms with Gasteiger partial charge in [0.1, 0.15) is 17.0 Å². The van der Waals surface area contributed by atoms with Gasteiger partial charge in [-0.2, -0.15) is 0 Å². The minimum absolute atomic E-state index is 0.0291. The highest BCUT2D eigenvalue weighted by atomic mass is 32.2. The molecule has 0 aromatic heterocycles. The van der Waals surface area contributed by atoms with E-state index in [2.05, 4.69) is 21.9 Å². The fraction of sp³-hybridized carbons (Fsp3) is 0.500. The molecule has 4 rings (SSSR count). The molecule has 4 N–H and O–H groups in total. The zero-order valence-corrected chi connectivity index (χ0v) is 17.0. The van der Waals surface area contributed by atoms with Crippen molar-refractivity contribution in [2.75, 3.05) is 6.54 Å². The number of hydrogen-bond donors (Lipinski definition) is 4. The summed E-state index contributed by atoms with van der Waals surface area (Å²) in [6.07, 6.45) is 2.83. The standard InChI is InChI=1S/C20H24FN3O5S/c1-2-12-9-20(12,18(26)24-30(28,29)15-7-8-15)23-17(25)16-10-19(27,11-22-16)13-3-5-14(21)6-4-13/h2-6,12,15-16,22,27H,1,7-11H2,(H,23,25)(H,24,26)/t12-,16+,19+,20-/m1/s1. The van der Waals surface area contributed by atoms with Crippen molar-refractivity contribution in [3.63, 3.8) is 0 Å². The Labute approximate surface area is 174 Å². The molecule has 4 atom stereocenters. The Bertz CT molecular complexity index is 994. The second kappa shape index (κ2) is 7.14. The summed E-state index contributed by atoms with van der Waals surface area (Å²) >= 11 is 0. The van der Waals surface area contributed by atoms with Crippen molar-refractivity contribution in [3.05, 3.63) is 48.3 Å². The smallest absolute Gasteiger partial charge is 0.259 e. The van der Waals surface area contributed by atoms with Crippen molar-refractivity contribution in [1.82, 2.24) is 15.4 Å². The highest BCUT2D eigenvalue weighted by molar-refractivity contribution is 7.91. The minimum Gasteiger partial charge on any atom is -0.384 e. The van der Waals surface area contributed by atoms with Crippen LogP contribution in [0.2, 0.25) is 0 Å². The summed E-state index contributed by atoms with van der Waals surface area (Å²) in [5.74, 6) is -2.09. The number of carbonyl (C=O) groups is 2. The first-order valence-electron chi connectivity index (χ1n) is 9.82. The van der Waals surface area contributed by atoms with Gasteiger partial charge in [-0.25, -0.2) is 12.8 Å². The van der Waals surface area contributed by atoms with Gasteiger partial charge < -0.3 is 15.7 Å². The van der Waals surface area contributed by atoms with E-state index in [1.807, 2.05) is 0 Å². The van der Waals surface area contributed by atoms with Crippen molar-refractivity contribution >= 4 is 21.8 Å². The molecule has 0 bridgehead atoms. The van der Waals surface area contributed by atoms with Crippen LogP contribution in [0.25, 0.3) is 0 Å². The summed E-state index contributed by atoms with van der Waals surface area (Å²) in [5, 5.41) is 15.9. The summed E-state index contributed by atoms with van der Waals surface area (Å²) < 4.78 is 39.5. The van der Waals surface area contributed by atoms with E-state index in [1.165, 1.54) is 30.3 Å². The Balaban J connectivity index is 1.44. The molecule has 1 aliphatic heterocycles. The van der Waals surface area contributed by atoms with E-state index in [1.54, 1.807) is 0 Å². The van der Waals surface area contributed by atoms with Gasteiger partial charge in [-0.05, 0) is 37.0 Å². The monoisotopic (exact) mass is 437 g/mol. The van der Waals surface area contributed by atoms with Gasteiger partial charge in [0.25, 0.3) is 5.91 Å². The number of benzene rings is 1. The molecule has 0 unspecified atom stereocenters. The average Bonchev–Trinajstić information content (AvgIpc) is 3.60. The Morgan fingerprint density at radius 3 is 2.47 bits per heavy atom. The van der Waals surface area contributed by atoms with Crippen LogP contribution in [0.1, 0.15) is 31.2 Å². The molecule has 0 radical (unpaired) electrons. The van der Waals surface area contributed by atoms with Gasteiger partial charge >= 0.3 is 0 Å². The van der Waals surface area contributed by atoms with E-state index in [4.69, 9.17) is 0 Å². The van der Waals surface area contributed by atoms with Crippen molar-refractivity contribution in [1.29, 1.82) is 0 Å². The van der Waals surface area contributed by atoms with E-state index >= 15 is 0 Å². The molecule has 1 heterocycles. The number of β-amino-alcohol motifs (C(OH)–C–C–N with tert-alkyl or cyclic N) is 1. The lowest BCUT2D eigenvalue weighted by Crippen LogP contribution is -2.55. The zero-order valence-electron chi connectivity index (χ0n) is 16.2. The summed E-state index contributed by atoms with van der Waals surface area (Å²) in [7, 11) is -3.75. The molecule has 1 aromatic rings. The van der Waals surface area contributed by atoms with Crippen molar-refractivity contribution < 1.29 is 27.5 Å². The summed E-state index contributed by atoms with van der Waals surface area (Å²) in [6, 6.07) is 4.60. The highest BCUT2D eigenvalue weighted by Gasteiger charge is 2.61. The van der Waals surface area contributed by atoms with Crippen LogP contribution in [0.4, 0.5) is 4.39 Å². The Kier molecular flexibility index (Phi) is 4.99. The van der Waals surface area contributed by atoms with Gasteiger partial charge in [0.2, 0.25) is 15.9 Å². The van der Waals surface area contributed by atoms with Crippen LogP contribution in [0.5, 0.6) is 0 Å². The van der Waals surface area contributed by atoms with Crippen LogP contribution in [-0.4, -0.2) is 48.7 Å². The number of rotatable bonds is 7. The first-order valence-corrected chi connectivity index (χ1v) is 11.4. The molecule has 8 nitrogen and oxygen atoms in total. The van der Waals surface area contributed by atoms with Gasteiger partial charge in [0, 0.05) is 18.9 Å². The van der Waals surface area contributed by atoms with Crippen LogP contribution in [-0.2, 0) is 25.2 Å². The van der Waals surface area contributed by atoms with E-state index in [0.717, 1.165) is 0 Å². The van der Waals surface area contributed by atoms with Gasteiger partial charge in [0.05, 0.1) is 11.3 Å². The molecule has 2 aliphatic carbocycles. The molecular formula is C20H24FN3O5S. The molecule has 3 aliphatic rings. The zero-order chi connectivity index (χ0) is 21.7. The molecule has 3 fully saturated rings. The van der Waals surface area contributed by atoms with Gasteiger partial charge in [0.15, 0.2) is 0 Å². The lowest BCUT2D eigenvalue weighted by atomic mass is 9.91. The molecule has 1 saturated heterocycles. The molecule has 1 aromatic carbocycles. The SMILES string of the molecule is C=C[C@@H]1C[C@]1(NC(=O)[C@@H]1C[C@@](O)(c2ccc(F)cc2)CN1)C(=O)NS(=O)(=O)C1CC1. The van der Waals surface area contributed by atoms with Crippen LogP contribution in [0.3, 0.4) is 0 Å². The number of amides is 2. The molecular weight excluding hydrogens is 413 g/mol. The fourth-order valence-electron chi connectivity index (χ4n) is 3.96. The number of halogens is 1. The lowest BCUT2D eigenvalue weighted by Gasteiger charge is -2.23. The summed E-state index contributed by atoms with van der Waals surface area (Å²) in [6.45, 7) is 3.73. The van der Waals surface area contributed by atoms with Crippen LogP contribution < -0.4 is 15.4 Å². The Hall–Kier alpha value is -2.30. The van der Waals surface area contributed by atoms with Gasteiger partial charge in [-0.15, -0.1) is 6.58 Å². The molecule has 162 valence electrons. The lowest BCUT2D eigenvalue weighted by molar-refractivity contribution is -0.130. The molecule has 30 heavy (non-hydrogen) atoms. The molecule has 10 heteroatoms. The normalized spacial score (nSPS) is 33.0. The second-order valence-corrected chi connectivity index (χ2v) is 10.3. The minimum atomic E-state index is -3.75. The molecule has 0 spiro atoms. The maximum absolute atomic E-state index is 13.2. The fourth-order valence-corrected chi connectivity index (χ4v) is 5.33. The number of carbonyl (C=O) groups excluding carboxylic acids is 2. The van der Waals surface area contributed by atoms with Crippen LogP contribution >= 0.6 is 0 Å². The van der Waals surface area contributed by atoms with E-state index < -0.39 is 50.1 Å². The van der Waals surface area contributed by atoms with Gasteiger partial charge in [-0.1, -0.05) is 18.2 Å². The van der Waals surface area contributed by atoms with Crippen molar-refractivity contribution in [2.24, 2.45) is 5.92 Å². The predicted molar refractivity (Wildman–Crippen MR) is 106 cm³/mol. The first-order chi connectivity index (χ1) is 14.1. The van der Waals surface area contributed by atoms with Crippen molar-refractivity contribution in [2.45, 2.75) is 48.1 Å². The average molecular weight is 437 g/mol. The largest absolute Gasteiger partial charge is 0.384 e. The third kappa shape index (κ3) is 3.75.